The Hall–Kier alpha value is -2.26. The lowest BCUT2D eigenvalue weighted by atomic mass is 10.1. The quantitative estimate of drug-likeness (QED) is 0.668. The fourth-order valence-corrected chi connectivity index (χ4v) is 2.03. The predicted molar refractivity (Wildman–Crippen MR) is 74.4 cm³/mol. The summed E-state index contributed by atoms with van der Waals surface area (Å²) >= 11 is 5.88. The van der Waals surface area contributed by atoms with E-state index in [-0.39, 0.29) is 5.78 Å². The molecule has 2 aromatic carbocycles. The molecule has 0 N–H and O–H groups in total. The number of nitrogens with zero attached hydrogens (tertiary/aromatic N) is 2. The lowest BCUT2D eigenvalue weighted by molar-refractivity contribution is 0.103. The van der Waals surface area contributed by atoms with Gasteiger partial charge in [-0.3, -0.25) is 9.78 Å². The Kier molecular flexibility index (Phi) is 2.97. The summed E-state index contributed by atoms with van der Waals surface area (Å²) in [5.74, 6) is -0.180. The fourth-order valence-electron chi connectivity index (χ4n) is 1.84. The highest BCUT2D eigenvalue weighted by Gasteiger charge is 2.12. The van der Waals surface area contributed by atoms with Crippen LogP contribution in [-0.2, 0) is 0 Å². The normalized spacial score (nSPS) is 10.6. The van der Waals surface area contributed by atoms with Crippen LogP contribution in [0.25, 0.3) is 11.0 Å². The molecule has 0 amide bonds. The molecule has 0 spiro atoms. The highest BCUT2D eigenvalue weighted by atomic mass is 35.5. The van der Waals surface area contributed by atoms with Crippen LogP contribution in [0.3, 0.4) is 0 Å². The number of benzene rings is 2. The van der Waals surface area contributed by atoms with E-state index in [0.29, 0.717) is 21.8 Å². The van der Waals surface area contributed by atoms with Gasteiger partial charge in [0.25, 0.3) is 0 Å². The molecule has 0 unspecified atom stereocenters. The zero-order valence-electron chi connectivity index (χ0n) is 9.88. The molecule has 3 aromatic rings. The number of para-hydroxylation sites is 2. The Morgan fingerprint density at radius 1 is 1.00 bits per heavy atom. The second-order valence-electron chi connectivity index (χ2n) is 4.08. The van der Waals surface area contributed by atoms with Gasteiger partial charge >= 0.3 is 0 Å². The third kappa shape index (κ3) is 2.33. The van der Waals surface area contributed by atoms with E-state index >= 15 is 0 Å². The number of ketones is 1. The van der Waals surface area contributed by atoms with Gasteiger partial charge in [-0.15, -0.1) is 0 Å². The van der Waals surface area contributed by atoms with Crippen LogP contribution in [0.2, 0.25) is 5.02 Å². The van der Waals surface area contributed by atoms with Crippen molar-refractivity contribution in [2.75, 3.05) is 0 Å². The van der Waals surface area contributed by atoms with Crippen LogP contribution in [0.15, 0.2) is 54.7 Å². The van der Waals surface area contributed by atoms with E-state index < -0.39 is 0 Å². The molecule has 0 saturated carbocycles. The number of aromatic nitrogens is 2. The van der Waals surface area contributed by atoms with Gasteiger partial charge < -0.3 is 0 Å². The lowest BCUT2D eigenvalue weighted by Crippen LogP contribution is -2.05. The Balaban J connectivity index is 2.06. The molecule has 19 heavy (non-hydrogen) atoms. The molecule has 92 valence electrons. The molecule has 0 radical (unpaired) electrons. The molecule has 0 aliphatic carbocycles. The van der Waals surface area contributed by atoms with Crippen molar-refractivity contribution >= 4 is 28.4 Å². The van der Waals surface area contributed by atoms with E-state index in [0.717, 1.165) is 5.52 Å². The molecular formula is C15H9ClN2O. The third-order valence-corrected chi connectivity index (χ3v) is 3.00. The maximum absolute atomic E-state index is 12.3. The van der Waals surface area contributed by atoms with Crippen LogP contribution in [0, 0.1) is 0 Å². The highest BCUT2D eigenvalue weighted by molar-refractivity contribution is 6.31. The lowest BCUT2D eigenvalue weighted by Gasteiger charge is -2.02. The van der Waals surface area contributed by atoms with Gasteiger partial charge in [0, 0.05) is 10.6 Å². The average molecular weight is 269 g/mol. The SMILES string of the molecule is O=C(c1cccc(Cl)c1)c1cnc2ccccc2n1. The predicted octanol–water partition coefficient (Wildman–Crippen LogP) is 3.51. The van der Waals surface area contributed by atoms with Gasteiger partial charge in [0.15, 0.2) is 0 Å². The maximum Gasteiger partial charge on any atom is 0.213 e. The Morgan fingerprint density at radius 2 is 1.79 bits per heavy atom. The standard InChI is InChI=1S/C15H9ClN2O/c16-11-5-3-4-10(8-11)15(19)14-9-17-12-6-1-2-7-13(12)18-14/h1-9H. The molecule has 0 aliphatic rings. The van der Waals surface area contributed by atoms with Gasteiger partial charge in [-0.1, -0.05) is 35.9 Å². The molecule has 0 fully saturated rings. The minimum Gasteiger partial charge on any atom is -0.287 e. The average Bonchev–Trinajstić information content (AvgIpc) is 2.46. The van der Waals surface area contributed by atoms with Crippen molar-refractivity contribution in [3.63, 3.8) is 0 Å². The zero-order chi connectivity index (χ0) is 13.2. The summed E-state index contributed by atoms with van der Waals surface area (Å²) in [5.41, 5.74) is 2.30. The molecule has 1 aromatic heterocycles. The number of carbonyl (C=O) groups is 1. The minimum absolute atomic E-state index is 0.180. The number of hydrogen-bond donors (Lipinski definition) is 0. The largest absolute Gasteiger partial charge is 0.287 e. The van der Waals surface area contributed by atoms with Crippen LogP contribution in [0.1, 0.15) is 16.1 Å². The molecule has 3 nitrogen and oxygen atoms in total. The van der Waals surface area contributed by atoms with Gasteiger partial charge in [-0.2, -0.15) is 0 Å². The van der Waals surface area contributed by atoms with Crippen LogP contribution >= 0.6 is 11.6 Å². The summed E-state index contributed by atoms with van der Waals surface area (Å²) < 4.78 is 0. The monoisotopic (exact) mass is 268 g/mol. The van der Waals surface area contributed by atoms with Gasteiger partial charge in [0.05, 0.1) is 17.2 Å². The van der Waals surface area contributed by atoms with E-state index in [9.17, 15) is 4.79 Å². The third-order valence-electron chi connectivity index (χ3n) is 2.77. The van der Waals surface area contributed by atoms with Crippen molar-refractivity contribution in [3.05, 3.63) is 71.0 Å². The fraction of sp³-hybridized carbons (Fsp3) is 0. The molecule has 0 atom stereocenters. The van der Waals surface area contributed by atoms with Crippen molar-refractivity contribution in [1.82, 2.24) is 9.97 Å². The number of rotatable bonds is 2. The van der Waals surface area contributed by atoms with Crippen molar-refractivity contribution in [2.24, 2.45) is 0 Å². The van der Waals surface area contributed by atoms with Crippen LogP contribution in [0.4, 0.5) is 0 Å². The topological polar surface area (TPSA) is 42.9 Å². The second-order valence-corrected chi connectivity index (χ2v) is 4.52. The molecule has 1 heterocycles. The first-order valence-corrected chi connectivity index (χ1v) is 6.14. The molecule has 0 saturated heterocycles. The summed E-state index contributed by atoms with van der Waals surface area (Å²) in [6.07, 6.45) is 1.49. The van der Waals surface area contributed by atoms with Crippen molar-refractivity contribution in [1.29, 1.82) is 0 Å². The van der Waals surface area contributed by atoms with Crippen molar-refractivity contribution in [3.8, 4) is 0 Å². The summed E-state index contributed by atoms with van der Waals surface area (Å²) in [6.45, 7) is 0. The maximum atomic E-state index is 12.3. The molecule has 0 aliphatic heterocycles. The smallest absolute Gasteiger partial charge is 0.213 e. The zero-order valence-corrected chi connectivity index (χ0v) is 10.6. The second kappa shape index (κ2) is 4.78. The Bertz CT molecular complexity index is 771. The Morgan fingerprint density at radius 3 is 2.58 bits per heavy atom. The molecule has 0 bridgehead atoms. The van der Waals surface area contributed by atoms with E-state index in [4.69, 9.17) is 11.6 Å². The summed E-state index contributed by atoms with van der Waals surface area (Å²) in [5, 5.41) is 0.527. The van der Waals surface area contributed by atoms with Crippen LogP contribution in [0.5, 0.6) is 0 Å². The van der Waals surface area contributed by atoms with Crippen molar-refractivity contribution < 1.29 is 4.79 Å². The summed E-state index contributed by atoms with van der Waals surface area (Å²) in [7, 11) is 0. The van der Waals surface area contributed by atoms with E-state index in [1.54, 1.807) is 24.3 Å². The first-order valence-electron chi connectivity index (χ1n) is 5.76. The number of hydrogen-bond acceptors (Lipinski definition) is 3. The Labute approximate surface area is 114 Å². The van der Waals surface area contributed by atoms with Gasteiger partial charge in [0.1, 0.15) is 5.69 Å². The minimum atomic E-state index is -0.180. The number of halogens is 1. The number of carbonyl (C=O) groups excluding carboxylic acids is 1. The summed E-state index contributed by atoms with van der Waals surface area (Å²) in [4.78, 5) is 20.8. The molecular weight excluding hydrogens is 260 g/mol. The highest BCUT2D eigenvalue weighted by Crippen LogP contribution is 2.15. The van der Waals surface area contributed by atoms with Gasteiger partial charge in [-0.05, 0) is 24.3 Å². The van der Waals surface area contributed by atoms with Gasteiger partial charge in [-0.25, -0.2) is 4.98 Å². The van der Waals surface area contributed by atoms with E-state index in [1.165, 1.54) is 6.20 Å². The van der Waals surface area contributed by atoms with Crippen molar-refractivity contribution in [2.45, 2.75) is 0 Å². The summed E-state index contributed by atoms with van der Waals surface area (Å²) in [6, 6.07) is 14.2. The first-order chi connectivity index (χ1) is 9.24. The number of fused-ring (bicyclic) bond motifs is 1. The van der Waals surface area contributed by atoms with Crippen LogP contribution in [-0.4, -0.2) is 15.8 Å². The van der Waals surface area contributed by atoms with E-state index in [2.05, 4.69) is 9.97 Å². The van der Waals surface area contributed by atoms with E-state index in [1.807, 2.05) is 24.3 Å². The van der Waals surface area contributed by atoms with Crippen LogP contribution < -0.4 is 0 Å². The first kappa shape index (κ1) is 11.8. The molecule has 4 heteroatoms. The van der Waals surface area contributed by atoms with Gasteiger partial charge in [0.2, 0.25) is 5.78 Å². The molecule has 3 rings (SSSR count).